The number of carbonyl (C=O) groups is 1. The Morgan fingerprint density at radius 1 is 1.47 bits per heavy atom. The molecule has 0 radical (unpaired) electrons. The van der Waals surface area contributed by atoms with E-state index < -0.39 is 0 Å². The van der Waals surface area contributed by atoms with E-state index in [0.717, 1.165) is 11.3 Å². The molecular weight excluding hydrogens is 230 g/mol. The Balaban J connectivity index is 2.66. The number of thioether (sulfide) groups is 1. The highest BCUT2D eigenvalue weighted by molar-refractivity contribution is 8.00. The Bertz CT molecular complexity index is 326. The summed E-state index contributed by atoms with van der Waals surface area (Å²) >= 11 is 7.34. The lowest BCUT2D eigenvalue weighted by molar-refractivity contribution is -0.120. The van der Waals surface area contributed by atoms with Crippen LogP contribution in [0.1, 0.15) is 13.3 Å². The van der Waals surface area contributed by atoms with Crippen molar-refractivity contribution in [3.8, 4) is 0 Å². The van der Waals surface area contributed by atoms with Crippen LogP contribution in [0.15, 0.2) is 29.2 Å². The summed E-state index contributed by atoms with van der Waals surface area (Å²) in [5.74, 6) is 0.0671. The molecule has 0 saturated carbocycles. The van der Waals surface area contributed by atoms with Crippen molar-refractivity contribution in [1.29, 1.82) is 0 Å². The molecule has 82 valence electrons. The molecule has 0 aliphatic carbocycles. The average Bonchev–Trinajstić information content (AvgIpc) is 2.27. The maximum Gasteiger partial charge on any atom is 0.233 e. The zero-order valence-electron chi connectivity index (χ0n) is 8.79. The monoisotopic (exact) mass is 243 g/mol. The third-order valence-electron chi connectivity index (χ3n) is 2.00. The van der Waals surface area contributed by atoms with Crippen LogP contribution in [0.5, 0.6) is 0 Å². The zero-order chi connectivity index (χ0) is 11.3. The molecule has 0 bridgehead atoms. The van der Waals surface area contributed by atoms with Gasteiger partial charge in [0.1, 0.15) is 0 Å². The van der Waals surface area contributed by atoms with E-state index in [2.05, 4.69) is 5.32 Å². The second kappa shape index (κ2) is 6.03. The van der Waals surface area contributed by atoms with Gasteiger partial charge < -0.3 is 5.32 Å². The SMILES string of the molecule is CCC(Sc1ccc(Cl)cc1)C(=O)NC. The van der Waals surface area contributed by atoms with Crippen LogP contribution >= 0.6 is 23.4 Å². The van der Waals surface area contributed by atoms with Crippen LogP contribution in [0.25, 0.3) is 0 Å². The van der Waals surface area contributed by atoms with Gasteiger partial charge in [0.2, 0.25) is 5.91 Å². The molecule has 1 aromatic rings. The van der Waals surface area contributed by atoms with Crippen molar-refractivity contribution in [1.82, 2.24) is 5.32 Å². The number of halogens is 1. The molecular formula is C11H14ClNOS. The van der Waals surface area contributed by atoms with Crippen molar-refractivity contribution in [2.24, 2.45) is 0 Å². The fraction of sp³-hybridized carbons (Fsp3) is 0.364. The Hall–Kier alpha value is -0.670. The second-order valence-electron chi connectivity index (χ2n) is 3.08. The van der Waals surface area contributed by atoms with Crippen molar-refractivity contribution in [3.05, 3.63) is 29.3 Å². The maximum atomic E-state index is 11.5. The van der Waals surface area contributed by atoms with Gasteiger partial charge in [-0.3, -0.25) is 4.79 Å². The summed E-state index contributed by atoms with van der Waals surface area (Å²) in [7, 11) is 1.66. The minimum absolute atomic E-state index is 0.0313. The summed E-state index contributed by atoms with van der Waals surface area (Å²) in [6, 6.07) is 7.53. The lowest BCUT2D eigenvalue weighted by atomic mass is 10.3. The standard InChI is InChI=1S/C11H14ClNOS/c1-3-10(11(14)13-2)15-9-6-4-8(12)5-7-9/h4-7,10H,3H2,1-2H3,(H,13,14). The molecule has 1 atom stereocenters. The van der Waals surface area contributed by atoms with Crippen LogP contribution in [0.2, 0.25) is 5.02 Å². The van der Waals surface area contributed by atoms with E-state index in [1.165, 1.54) is 0 Å². The van der Waals surface area contributed by atoms with E-state index in [-0.39, 0.29) is 11.2 Å². The topological polar surface area (TPSA) is 29.1 Å². The van der Waals surface area contributed by atoms with Gasteiger partial charge in [0.15, 0.2) is 0 Å². The first-order chi connectivity index (χ1) is 7.17. The van der Waals surface area contributed by atoms with E-state index in [1.807, 2.05) is 31.2 Å². The van der Waals surface area contributed by atoms with Gasteiger partial charge >= 0.3 is 0 Å². The van der Waals surface area contributed by atoms with Gasteiger partial charge in [0.05, 0.1) is 5.25 Å². The molecule has 0 fully saturated rings. The number of hydrogen-bond donors (Lipinski definition) is 1. The van der Waals surface area contributed by atoms with Crippen molar-refractivity contribution in [2.75, 3.05) is 7.05 Å². The third-order valence-corrected chi connectivity index (χ3v) is 3.63. The number of carbonyl (C=O) groups excluding carboxylic acids is 1. The smallest absolute Gasteiger partial charge is 0.233 e. The second-order valence-corrected chi connectivity index (χ2v) is 4.80. The lowest BCUT2D eigenvalue weighted by Gasteiger charge is -2.12. The van der Waals surface area contributed by atoms with E-state index in [1.54, 1.807) is 18.8 Å². The Morgan fingerprint density at radius 2 is 2.07 bits per heavy atom. The van der Waals surface area contributed by atoms with Crippen LogP contribution in [0, 0.1) is 0 Å². The fourth-order valence-electron chi connectivity index (χ4n) is 1.16. The summed E-state index contributed by atoms with van der Waals surface area (Å²) in [6.07, 6.45) is 0.812. The molecule has 0 aliphatic heterocycles. The molecule has 1 unspecified atom stereocenters. The van der Waals surface area contributed by atoms with Gasteiger partial charge in [0, 0.05) is 17.0 Å². The summed E-state index contributed by atoms with van der Waals surface area (Å²) in [4.78, 5) is 12.5. The van der Waals surface area contributed by atoms with Gasteiger partial charge in [-0.25, -0.2) is 0 Å². The van der Waals surface area contributed by atoms with E-state index in [9.17, 15) is 4.79 Å². The normalized spacial score (nSPS) is 12.2. The largest absolute Gasteiger partial charge is 0.358 e. The average molecular weight is 244 g/mol. The molecule has 0 aromatic heterocycles. The number of hydrogen-bond acceptors (Lipinski definition) is 2. The third kappa shape index (κ3) is 3.76. The highest BCUT2D eigenvalue weighted by Gasteiger charge is 2.15. The van der Waals surface area contributed by atoms with E-state index in [4.69, 9.17) is 11.6 Å². The minimum atomic E-state index is -0.0313. The highest BCUT2D eigenvalue weighted by Crippen LogP contribution is 2.26. The predicted molar refractivity (Wildman–Crippen MR) is 65.5 cm³/mol. The Kier molecular flexibility index (Phi) is 4.99. The van der Waals surface area contributed by atoms with E-state index in [0.29, 0.717) is 5.02 Å². The first kappa shape index (κ1) is 12.4. The first-order valence-electron chi connectivity index (χ1n) is 4.81. The minimum Gasteiger partial charge on any atom is -0.358 e. The predicted octanol–water partition coefficient (Wildman–Crippen LogP) is 2.96. The lowest BCUT2D eigenvalue weighted by Crippen LogP contribution is -2.28. The molecule has 0 spiro atoms. The molecule has 1 aromatic carbocycles. The molecule has 4 heteroatoms. The number of rotatable bonds is 4. The molecule has 2 nitrogen and oxygen atoms in total. The zero-order valence-corrected chi connectivity index (χ0v) is 10.4. The fourth-order valence-corrected chi connectivity index (χ4v) is 2.30. The van der Waals surface area contributed by atoms with E-state index >= 15 is 0 Å². The van der Waals surface area contributed by atoms with Crippen LogP contribution in [0.3, 0.4) is 0 Å². The van der Waals surface area contributed by atoms with Gasteiger partial charge in [-0.2, -0.15) is 0 Å². The molecule has 0 heterocycles. The Labute approximate surface area is 99.4 Å². The van der Waals surface area contributed by atoms with Crippen LogP contribution in [0.4, 0.5) is 0 Å². The van der Waals surface area contributed by atoms with Crippen LogP contribution in [-0.2, 0) is 4.79 Å². The number of amides is 1. The molecule has 0 saturated heterocycles. The Morgan fingerprint density at radius 3 is 2.53 bits per heavy atom. The van der Waals surface area contributed by atoms with Gasteiger partial charge in [0.25, 0.3) is 0 Å². The molecule has 0 aliphatic rings. The number of benzene rings is 1. The maximum absolute atomic E-state index is 11.5. The molecule has 1 amide bonds. The van der Waals surface area contributed by atoms with Gasteiger partial charge in [-0.05, 0) is 30.7 Å². The summed E-state index contributed by atoms with van der Waals surface area (Å²) in [6.45, 7) is 2.00. The van der Waals surface area contributed by atoms with Gasteiger partial charge in [-0.1, -0.05) is 18.5 Å². The van der Waals surface area contributed by atoms with Crippen LogP contribution in [-0.4, -0.2) is 18.2 Å². The first-order valence-corrected chi connectivity index (χ1v) is 6.07. The molecule has 1 N–H and O–H groups in total. The van der Waals surface area contributed by atoms with Gasteiger partial charge in [-0.15, -0.1) is 11.8 Å². The number of nitrogens with one attached hydrogen (secondary N) is 1. The summed E-state index contributed by atoms with van der Waals surface area (Å²) in [5, 5.41) is 3.35. The van der Waals surface area contributed by atoms with Crippen molar-refractivity contribution < 1.29 is 4.79 Å². The molecule has 15 heavy (non-hydrogen) atoms. The molecule has 1 rings (SSSR count). The summed E-state index contributed by atoms with van der Waals surface area (Å²) in [5.41, 5.74) is 0. The van der Waals surface area contributed by atoms with Crippen LogP contribution < -0.4 is 5.32 Å². The van der Waals surface area contributed by atoms with Crippen molar-refractivity contribution in [2.45, 2.75) is 23.5 Å². The van der Waals surface area contributed by atoms with Crippen molar-refractivity contribution >= 4 is 29.3 Å². The quantitative estimate of drug-likeness (QED) is 0.824. The highest BCUT2D eigenvalue weighted by atomic mass is 35.5. The van der Waals surface area contributed by atoms with Crippen molar-refractivity contribution in [3.63, 3.8) is 0 Å². The summed E-state index contributed by atoms with van der Waals surface area (Å²) < 4.78 is 0.